The number of ether oxygens (including phenoxy) is 1. The van der Waals surface area contributed by atoms with Crippen LogP contribution in [0.1, 0.15) is 38.0 Å². The lowest BCUT2D eigenvalue weighted by Gasteiger charge is -2.28. The van der Waals surface area contributed by atoms with E-state index in [2.05, 4.69) is 28.9 Å². The smallest absolute Gasteiger partial charge is 0.254 e. The van der Waals surface area contributed by atoms with Gasteiger partial charge in [0.25, 0.3) is 5.91 Å². The molecule has 0 aliphatic carbocycles. The third-order valence-corrected chi connectivity index (χ3v) is 7.17. The fraction of sp³-hybridized carbons (Fsp3) is 0.233. The van der Waals surface area contributed by atoms with Crippen molar-refractivity contribution in [3.63, 3.8) is 0 Å². The number of allylic oxidation sites excluding steroid dienone is 2. The number of nitrogens with zero attached hydrogens (tertiary/aromatic N) is 1. The predicted molar refractivity (Wildman–Crippen MR) is 153 cm³/mol. The Morgan fingerprint density at radius 3 is 2.51 bits per heavy atom. The number of thioether (sulfide) groups is 1. The molecule has 1 unspecified atom stereocenters. The molecular formula is C30H30N4O4S. The second kappa shape index (κ2) is 12.9. The van der Waals surface area contributed by atoms with E-state index in [0.717, 1.165) is 12.0 Å². The Morgan fingerprint density at radius 2 is 1.85 bits per heavy atom. The van der Waals surface area contributed by atoms with Crippen molar-refractivity contribution in [1.82, 2.24) is 5.32 Å². The van der Waals surface area contributed by atoms with Crippen LogP contribution in [0, 0.1) is 11.3 Å². The number of amides is 2. The highest BCUT2D eigenvalue weighted by Gasteiger charge is 2.36. The fourth-order valence-corrected chi connectivity index (χ4v) is 5.16. The molecule has 0 bridgehead atoms. The number of para-hydroxylation sites is 2. The number of carbonyl (C=O) groups excluding carboxylic acids is 2. The van der Waals surface area contributed by atoms with Gasteiger partial charge in [-0.3, -0.25) is 9.59 Å². The van der Waals surface area contributed by atoms with Crippen LogP contribution in [-0.2, 0) is 16.0 Å². The summed E-state index contributed by atoms with van der Waals surface area (Å²) in [5.74, 6) is -0.237. The van der Waals surface area contributed by atoms with E-state index < -0.39 is 5.92 Å². The number of benzene rings is 2. The first kappa shape index (κ1) is 27.6. The van der Waals surface area contributed by atoms with E-state index in [1.165, 1.54) is 18.0 Å². The van der Waals surface area contributed by atoms with Crippen LogP contribution in [0.2, 0.25) is 0 Å². The Labute approximate surface area is 232 Å². The Bertz CT molecular complexity index is 1440. The maximum Gasteiger partial charge on any atom is 0.254 e. The summed E-state index contributed by atoms with van der Waals surface area (Å²) in [6.45, 7) is 6.20. The molecule has 3 N–H and O–H groups in total. The average Bonchev–Trinajstić information content (AvgIpc) is 3.48. The minimum absolute atomic E-state index is 0.0391. The van der Waals surface area contributed by atoms with Crippen molar-refractivity contribution in [1.29, 1.82) is 5.26 Å². The summed E-state index contributed by atoms with van der Waals surface area (Å²) >= 11 is 1.19. The number of carbonyl (C=O) groups is 2. The number of dihydropyridines is 1. The molecule has 0 fully saturated rings. The van der Waals surface area contributed by atoms with Gasteiger partial charge in [0.05, 0.1) is 52.5 Å². The summed E-state index contributed by atoms with van der Waals surface area (Å²) in [5, 5.41) is 19.7. The number of hydrogen-bond donors (Lipinski definition) is 3. The van der Waals surface area contributed by atoms with Crippen molar-refractivity contribution in [3.05, 3.63) is 100 Å². The summed E-state index contributed by atoms with van der Waals surface area (Å²) in [6, 6.07) is 20.6. The number of hydrogen-bond acceptors (Lipinski definition) is 7. The molecule has 0 saturated carbocycles. The van der Waals surface area contributed by atoms with E-state index >= 15 is 0 Å². The van der Waals surface area contributed by atoms with E-state index in [9.17, 15) is 14.9 Å². The number of nitriles is 1. The highest BCUT2D eigenvalue weighted by Crippen LogP contribution is 2.41. The number of anilines is 2. The van der Waals surface area contributed by atoms with Crippen molar-refractivity contribution in [3.8, 4) is 11.8 Å². The molecule has 1 atom stereocenters. The molecule has 39 heavy (non-hydrogen) atoms. The molecule has 0 saturated heterocycles. The monoisotopic (exact) mass is 542 g/mol. The van der Waals surface area contributed by atoms with Crippen molar-refractivity contribution >= 4 is 35.0 Å². The quantitative estimate of drug-likeness (QED) is 0.290. The first-order chi connectivity index (χ1) is 18.9. The SMILES string of the molecule is CCOc1ccccc1NC(=O)CSC1=C(C#N)C(c2ccco2)C(C(=O)Nc2ccc(CC)cc2)=C(C)N1. The Balaban J connectivity index is 1.55. The topological polar surface area (TPSA) is 116 Å². The minimum atomic E-state index is -0.731. The van der Waals surface area contributed by atoms with Crippen LogP contribution in [0.25, 0.3) is 0 Å². The highest BCUT2D eigenvalue weighted by molar-refractivity contribution is 8.03. The molecule has 8 nitrogen and oxygen atoms in total. The average molecular weight is 543 g/mol. The van der Waals surface area contributed by atoms with Gasteiger partial charge in [-0.2, -0.15) is 5.26 Å². The molecule has 2 aromatic carbocycles. The van der Waals surface area contributed by atoms with Crippen LogP contribution in [0.5, 0.6) is 5.75 Å². The molecule has 1 aliphatic rings. The Hall–Kier alpha value is -4.42. The van der Waals surface area contributed by atoms with Gasteiger partial charge in [-0.15, -0.1) is 0 Å². The zero-order chi connectivity index (χ0) is 27.8. The van der Waals surface area contributed by atoms with Crippen LogP contribution in [0.3, 0.4) is 0 Å². The predicted octanol–water partition coefficient (Wildman–Crippen LogP) is 5.95. The molecule has 200 valence electrons. The second-order valence-corrected chi connectivity index (χ2v) is 9.72. The summed E-state index contributed by atoms with van der Waals surface area (Å²) in [4.78, 5) is 26.3. The van der Waals surface area contributed by atoms with Crippen molar-refractivity contribution in [2.24, 2.45) is 0 Å². The van der Waals surface area contributed by atoms with E-state index in [-0.39, 0.29) is 17.6 Å². The van der Waals surface area contributed by atoms with Gasteiger partial charge in [-0.05, 0) is 62.2 Å². The highest BCUT2D eigenvalue weighted by atomic mass is 32.2. The zero-order valence-corrected chi connectivity index (χ0v) is 22.9. The molecule has 2 heterocycles. The number of aryl methyl sites for hydroxylation is 1. The first-order valence-corrected chi connectivity index (χ1v) is 13.6. The number of furan rings is 1. The Kier molecular flexibility index (Phi) is 9.13. The summed E-state index contributed by atoms with van der Waals surface area (Å²) < 4.78 is 11.3. The minimum Gasteiger partial charge on any atom is -0.492 e. The van der Waals surface area contributed by atoms with E-state index in [1.54, 1.807) is 31.2 Å². The van der Waals surface area contributed by atoms with Crippen molar-refractivity contribution in [2.75, 3.05) is 23.0 Å². The third-order valence-electron chi connectivity index (χ3n) is 6.15. The number of nitrogens with one attached hydrogen (secondary N) is 3. The van der Waals surface area contributed by atoms with Gasteiger partial charge in [0, 0.05) is 11.4 Å². The molecule has 2 amide bonds. The van der Waals surface area contributed by atoms with Gasteiger partial charge in [0.1, 0.15) is 11.5 Å². The maximum atomic E-state index is 13.5. The zero-order valence-electron chi connectivity index (χ0n) is 22.0. The molecule has 9 heteroatoms. The first-order valence-electron chi connectivity index (χ1n) is 12.6. The van der Waals surface area contributed by atoms with E-state index in [4.69, 9.17) is 9.15 Å². The van der Waals surface area contributed by atoms with Crippen LogP contribution in [0.15, 0.2) is 93.2 Å². The van der Waals surface area contributed by atoms with Crippen molar-refractivity contribution in [2.45, 2.75) is 33.1 Å². The molecular weight excluding hydrogens is 512 g/mol. The molecule has 0 spiro atoms. The molecule has 3 aromatic rings. The van der Waals surface area contributed by atoms with Crippen LogP contribution in [0.4, 0.5) is 11.4 Å². The van der Waals surface area contributed by atoms with Crippen LogP contribution in [-0.4, -0.2) is 24.2 Å². The summed E-state index contributed by atoms with van der Waals surface area (Å²) in [7, 11) is 0. The van der Waals surface area contributed by atoms with Crippen molar-refractivity contribution < 1.29 is 18.7 Å². The summed E-state index contributed by atoms with van der Waals surface area (Å²) in [5.41, 5.74) is 3.64. The van der Waals surface area contributed by atoms with Crippen LogP contribution < -0.4 is 20.7 Å². The maximum absolute atomic E-state index is 13.5. The van der Waals surface area contributed by atoms with Gasteiger partial charge in [-0.1, -0.05) is 43.0 Å². The normalized spacial score (nSPS) is 14.9. The third kappa shape index (κ3) is 6.54. The summed E-state index contributed by atoms with van der Waals surface area (Å²) in [6.07, 6.45) is 2.41. The van der Waals surface area contributed by atoms with E-state index in [0.29, 0.717) is 51.4 Å². The lowest BCUT2D eigenvalue weighted by atomic mass is 9.85. The number of rotatable bonds is 10. The van der Waals surface area contributed by atoms with Gasteiger partial charge in [0.2, 0.25) is 5.91 Å². The molecule has 1 aromatic heterocycles. The van der Waals surface area contributed by atoms with Gasteiger partial charge < -0.3 is 25.1 Å². The lowest BCUT2D eigenvalue weighted by Crippen LogP contribution is -2.31. The largest absolute Gasteiger partial charge is 0.492 e. The molecule has 4 rings (SSSR count). The second-order valence-electron chi connectivity index (χ2n) is 8.74. The van der Waals surface area contributed by atoms with Gasteiger partial charge in [0.15, 0.2) is 0 Å². The van der Waals surface area contributed by atoms with Crippen LogP contribution >= 0.6 is 11.8 Å². The van der Waals surface area contributed by atoms with Gasteiger partial charge in [-0.25, -0.2) is 0 Å². The Morgan fingerprint density at radius 1 is 1.08 bits per heavy atom. The molecule has 1 aliphatic heterocycles. The van der Waals surface area contributed by atoms with Gasteiger partial charge >= 0.3 is 0 Å². The lowest BCUT2D eigenvalue weighted by molar-refractivity contribution is -0.114. The van der Waals surface area contributed by atoms with E-state index in [1.807, 2.05) is 43.3 Å². The standard InChI is InChI=1S/C30H30N4O4S/c1-4-20-12-14-21(15-13-20)33-29(36)27-19(3)32-30(22(17-31)28(27)25-11-8-16-38-25)39-18-26(35)34-23-9-6-7-10-24(23)37-5-2/h6-16,28,32H,4-5,18H2,1-3H3,(H,33,36)(H,34,35). The fourth-order valence-electron chi connectivity index (χ4n) is 4.26. The molecule has 0 radical (unpaired) electrons.